The number of benzene rings is 1. The molecule has 0 bridgehead atoms. The van der Waals surface area contributed by atoms with Gasteiger partial charge in [-0.05, 0) is 51.0 Å². The average Bonchev–Trinajstić information content (AvgIpc) is 3.14. The fraction of sp³-hybridized carbons (Fsp3) is 0.250. The van der Waals surface area contributed by atoms with E-state index in [-0.39, 0.29) is 17.6 Å². The average molecular weight is 416 g/mol. The smallest absolute Gasteiger partial charge is 0.287 e. The van der Waals surface area contributed by atoms with Crippen LogP contribution in [-0.2, 0) is 13.0 Å². The zero-order valence-corrected chi connectivity index (χ0v) is 17.6. The molecular weight excluding hydrogens is 392 g/mol. The number of carbonyl (C=O) groups excluding carboxylic acids is 2. The third kappa shape index (κ3) is 4.55. The molecule has 1 aromatic carbocycles. The van der Waals surface area contributed by atoms with Crippen molar-refractivity contribution >= 4 is 17.5 Å². The van der Waals surface area contributed by atoms with Gasteiger partial charge in [0.05, 0.1) is 18.0 Å². The van der Waals surface area contributed by atoms with Gasteiger partial charge >= 0.3 is 0 Å². The molecule has 0 saturated carbocycles. The molecule has 0 aliphatic heterocycles. The summed E-state index contributed by atoms with van der Waals surface area (Å²) >= 11 is 0. The van der Waals surface area contributed by atoms with Gasteiger partial charge in [-0.15, -0.1) is 0 Å². The molecule has 7 heteroatoms. The molecule has 0 radical (unpaired) electrons. The van der Waals surface area contributed by atoms with Gasteiger partial charge in [-0.2, -0.15) is 5.10 Å². The molecule has 0 saturated heterocycles. The lowest BCUT2D eigenvalue weighted by Gasteiger charge is -2.13. The second-order valence-corrected chi connectivity index (χ2v) is 7.58. The minimum Gasteiger partial charge on any atom is -0.455 e. The van der Waals surface area contributed by atoms with E-state index in [2.05, 4.69) is 20.8 Å². The second kappa shape index (κ2) is 8.95. The van der Waals surface area contributed by atoms with E-state index in [1.165, 1.54) is 0 Å². The Bertz CT molecular complexity index is 1130. The fourth-order valence-corrected chi connectivity index (χ4v) is 3.64. The number of nitrogens with one attached hydrogen (secondary N) is 2. The second-order valence-electron chi connectivity index (χ2n) is 7.58. The molecule has 31 heavy (non-hydrogen) atoms. The summed E-state index contributed by atoms with van der Waals surface area (Å²) in [5.74, 6) is 0.449. The highest BCUT2D eigenvalue weighted by Crippen LogP contribution is 2.29. The van der Waals surface area contributed by atoms with Crippen LogP contribution < -0.4 is 10.7 Å². The third-order valence-corrected chi connectivity index (χ3v) is 5.29. The topological polar surface area (TPSA) is 96.6 Å². The van der Waals surface area contributed by atoms with E-state index in [0.29, 0.717) is 18.5 Å². The van der Waals surface area contributed by atoms with Crippen molar-refractivity contribution in [3.63, 3.8) is 0 Å². The summed E-state index contributed by atoms with van der Waals surface area (Å²) in [5, 5.41) is 7.22. The first-order valence-electron chi connectivity index (χ1n) is 10.3. The Morgan fingerprint density at radius 3 is 2.61 bits per heavy atom. The largest absolute Gasteiger partial charge is 0.455 e. The number of aryl methyl sites for hydroxylation is 2. The maximum atomic E-state index is 12.7. The van der Waals surface area contributed by atoms with Crippen LogP contribution in [0.2, 0.25) is 0 Å². The van der Waals surface area contributed by atoms with Gasteiger partial charge in [0.1, 0.15) is 5.76 Å². The highest BCUT2D eigenvalue weighted by molar-refractivity contribution is 6.07. The summed E-state index contributed by atoms with van der Waals surface area (Å²) < 4.78 is 5.90. The van der Waals surface area contributed by atoms with Crippen LogP contribution >= 0.6 is 0 Å². The molecule has 3 aromatic rings. The highest BCUT2D eigenvalue weighted by atomic mass is 16.4. The SMILES string of the molecule is Cc1ccc(C(=O)N/N=C2\CCCc3oc(C(=O)NCc4ccccn4)c(C)c32)cc1. The van der Waals surface area contributed by atoms with Crippen molar-refractivity contribution in [2.24, 2.45) is 5.10 Å². The van der Waals surface area contributed by atoms with Crippen molar-refractivity contribution < 1.29 is 14.0 Å². The van der Waals surface area contributed by atoms with Gasteiger partial charge in [0.2, 0.25) is 0 Å². The fourth-order valence-electron chi connectivity index (χ4n) is 3.64. The van der Waals surface area contributed by atoms with Crippen LogP contribution in [0.25, 0.3) is 0 Å². The van der Waals surface area contributed by atoms with Crippen molar-refractivity contribution in [1.82, 2.24) is 15.7 Å². The lowest BCUT2D eigenvalue weighted by atomic mass is 9.93. The number of hydrazone groups is 1. The molecule has 2 N–H and O–H groups in total. The van der Waals surface area contributed by atoms with E-state index in [4.69, 9.17) is 4.42 Å². The summed E-state index contributed by atoms with van der Waals surface area (Å²) in [4.78, 5) is 29.3. The number of fused-ring (bicyclic) bond motifs is 1. The number of rotatable bonds is 5. The first-order valence-corrected chi connectivity index (χ1v) is 10.3. The number of furan rings is 1. The molecule has 0 spiro atoms. The number of nitrogens with zero attached hydrogens (tertiary/aromatic N) is 2. The predicted octanol–water partition coefficient (Wildman–Crippen LogP) is 3.69. The number of amides is 2. The molecule has 1 aliphatic rings. The molecule has 0 fully saturated rings. The lowest BCUT2D eigenvalue weighted by molar-refractivity contribution is 0.0918. The van der Waals surface area contributed by atoms with Crippen molar-refractivity contribution in [1.29, 1.82) is 0 Å². The van der Waals surface area contributed by atoms with Crippen molar-refractivity contribution in [3.8, 4) is 0 Å². The van der Waals surface area contributed by atoms with Gasteiger partial charge in [0.15, 0.2) is 5.76 Å². The van der Waals surface area contributed by atoms with Crippen LogP contribution in [0.3, 0.4) is 0 Å². The minimum absolute atomic E-state index is 0.269. The van der Waals surface area contributed by atoms with Gasteiger partial charge in [-0.25, -0.2) is 5.43 Å². The van der Waals surface area contributed by atoms with Crippen LogP contribution in [0.15, 0.2) is 58.2 Å². The Hall–Kier alpha value is -3.74. The molecule has 0 unspecified atom stereocenters. The van der Waals surface area contributed by atoms with Gasteiger partial charge < -0.3 is 9.73 Å². The number of carbonyl (C=O) groups is 2. The van der Waals surface area contributed by atoms with Gasteiger partial charge in [-0.1, -0.05) is 23.8 Å². The molecule has 0 atom stereocenters. The van der Waals surface area contributed by atoms with Crippen LogP contribution in [0.4, 0.5) is 0 Å². The molecular formula is C24H24N4O3. The summed E-state index contributed by atoms with van der Waals surface area (Å²) in [6.07, 6.45) is 3.96. The molecule has 158 valence electrons. The molecule has 4 rings (SSSR count). The Morgan fingerprint density at radius 2 is 1.87 bits per heavy atom. The van der Waals surface area contributed by atoms with Gasteiger partial charge in [-0.3, -0.25) is 14.6 Å². The van der Waals surface area contributed by atoms with Crippen LogP contribution in [0.5, 0.6) is 0 Å². The van der Waals surface area contributed by atoms with Crippen LogP contribution in [0.1, 0.15) is 61.9 Å². The van der Waals surface area contributed by atoms with Crippen molar-refractivity contribution in [2.45, 2.75) is 39.7 Å². The molecule has 1 aliphatic carbocycles. The van der Waals surface area contributed by atoms with Gasteiger partial charge in [0, 0.05) is 29.3 Å². The number of pyridine rings is 1. The lowest BCUT2D eigenvalue weighted by Crippen LogP contribution is -2.24. The van der Waals surface area contributed by atoms with Crippen molar-refractivity contribution in [3.05, 3.63) is 88.1 Å². The molecule has 2 amide bonds. The predicted molar refractivity (Wildman–Crippen MR) is 117 cm³/mol. The van der Waals surface area contributed by atoms with E-state index in [1.807, 2.05) is 44.2 Å². The molecule has 7 nitrogen and oxygen atoms in total. The van der Waals surface area contributed by atoms with Crippen molar-refractivity contribution in [2.75, 3.05) is 0 Å². The van der Waals surface area contributed by atoms with E-state index >= 15 is 0 Å². The Balaban J connectivity index is 1.51. The van der Waals surface area contributed by atoms with E-state index < -0.39 is 0 Å². The summed E-state index contributed by atoms with van der Waals surface area (Å²) in [6.45, 7) is 4.13. The maximum Gasteiger partial charge on any atom is 0.287 e. The Labute approximate surface area is 180 Å². The summed E-state index contributed by atoms with van der Waals surface area (Å²) in [6, 6.07) is 12.9. The van der Waals surface area contributed by atoms with Crippen LogP contribution in [0, 0.1) is 13.8 Å². The summed E-state index contributed by atoms with van der Waals surface area (Å²) in [7, 11) is 0. The van der Waals surface area contributed by atoms with Crippen LogP contribution in [-0.4, -0.2) is 22.5 Å². The normalized spacial score (nSPS) is 14.2. The van der Waals surface area contributed by atoms with E-state index in [1.54, 1.807) is 18.3 Å². The standard InChI is InChI=1S/C24H24N4O3/c1-15-9-11-17(12-10-15)23(29)28-27-19-7-5-8-20-21(19)16(2)22(31-20)24(30)26-14-18-6-3-4-13-25-18/h3-4,6,9-13H,5,7-8,14H2,1-2H3,(H,26,30)(H,28,29)/b27-19+. The Morgan fingerprint density at radius 1 is 1.06 bits per heavy atom. The minimum atomic E-state index is -0.291. The zero-order valence-electron chi connectivity index (χ0n) is 17.6. The first kappa shape index (κ1) is 20.5. The summed E-state index contributed by atoms with van der Waals surface area (Å²) in [5.41, 5.74) is 7.32. The van der Waals surface area contributed by atoms with E-state index in [0.717, 1.165) is 46.7 Å². The first-order chi connectivity index (χ1) is 15.0. The van der Waals surface area contributed by atoms with E-state index in [9.17, 15) is 9.59 Å². The highest BCUT2D eigenvalue weighted by Gasteiger charge is 2.28. The van der Waals surface area contributed by atoms with Gasteiger partial charge in [0.25, 0.3) is 11.8 Å². The number of hydrogen-bond acceptors (Lipinski definition) is 5. The Kier molecular flexibility index (Phi) is 5.93. The monoisotopic (exact) mass is 416 g/mol. The zero-order chi connectivity index (χ0) is 21.8. The maximum absolute atomic E-state index is 12.7. The third-order valence-electron chi connectivity index (χ3n) is 5.29. The molecule has 2 heterocycles. The number of hydrogen-bond donors (Lipinski definition) is 2. The quantitative estimate of drug-likeness (QED) is 0.620. The molecule has 2 aromatic heterocycles. The number of aromatic nitrogens is 1.